The van der Waals surface area contributed by atoms with Gasteiger partial charge in [-0.15, -0.1) is 0 Å². The molecule has 2 aromatic heterocycles. The largest absolute Gasteiger partial charge is 0.400 e. The van der Waals surface area contributed by atoms with Crippen molar-refractivity contribution in [3.63, 3.8) is 0 Å². The van der Waals surface area contributed by atoms with Gasteiger partial charge < -0.3 is 14.6 Å². The first-order chi connectivity index (χ1) is 23.3. The van der Waals surface area contributed by atoms with Crippen LogP contribution >= 0.6 is 11.6 Å². The van der Waals surface area contributed by atoms with Crippen LogP contribution in [0.4, 0.5) is 0 Å². The maximum absolute atomic E-state index is 13.7. The fourth-order valence-corrected chi connectivity index (χ4v) is 6.24. The maximum Gasteiger partial charge on any atom is 0.251 e. The van der Waals surface area contributed by atoms with Crippen molar-refractivity contribution in [3.05, 3.63) is 160 Å². The number of likely N-dealkylation sites (N-methyl/N-ethyl adjacent to an activating group) is 1. The number of aliphatic imine (C=N–C) groups is 1. The van der Waals surface area contributed by atoms with Gasteiger partial charge in [-0.1, -0.05) is 97.1 Å². The first-order valence-electron chi connectivity index (χ1n) is 16.0. The Morgan fingerprint density at radius 3 is 2.48 bits per heavy atom. The molecule has 0 amide bonds. The van der Waals surface area contributed by atoms with Crippen LogP contribution in [0, 0.1) is 12.8 Å². The van der Waals surface area contributed by atoms with Crippen LogP contribution < -0.4 is 10.9 Å². The quantitative estimate of drug-likeness (QED) is 0.0815. The lowest BCUT2D eigenvalue weighted by atomic mass is 9.79. The van der Waals surface area contributed by atoms with Crippen LogP contribution in [0.1, 0.15) is 35.1 Å². The number of pyridine rings is 2. The highest BCUT2D eigenvalue weighted by Crippen LogP contribution is 2.41. The van der Waals surface area contributed by atoms with Gasteiger partial charge in [0.25, 0.3) is 5.56 Å². The van der Waals surface area contributed by atoms with E-state index in [1.54, 1.807) is 24.7 Å². The van der Waals surface area contributed by atoms with Crippen molar-refractivity contribution >= 4 is 28.8 Å². The number of benzene rings is 3. The lowest BCUT2D eigenvalue weighted by Crippen LogP contribution is -2.48. The third-order valence-corrected chi connectivity index (χ3v) is 9.00. The van der Waals surface area contributed by atoms with Gasteiger partial charge in [0.05, 0.1) is 11.9 Å². The van der Waals surface area contributed by atoms with E-state index in [1.165, 1.54) is 6.20 Å². The minimum atomic E-state index is -0.967. The van der Waals surface area contributed by atoms with E-state index in [2.05, 4.69) is 83.9 Å². The molecule has 6 rings (SSSR count). The maximum atomic E-state index is 13.7. The number of nitrogens with one attached hydrogen (secondary N) is 1. The number of hydrogen-bond donors (Lipinski definition) is 2. The van der Waals surface area contributed by atoms with E-state index in [-0.39, 0.29) is 5.56 Å². The van der Waals surface area contributed by atoms with Crippen LogP contribution in [0.15, 0.2) is 132 Å². The van der Waals surface area contributed by atoms with Gasteiger partial charge in [0.1, 0.15) is 10.7 Å². The van der Waals surface area contributed by atoms with E-state index in [0.29, 0.717) is 17.6 Å². The molecule has 0 radical (unpaired) electrons. The Morgan fingerprint density at radius 2 is 1.81 bits per heavy atom. The molecule has 2 heterocycles. The monoisotopic (exact) mass is 659 g/mol. The summed E-state index contributed by atoms with van der Waals surface area (Å²) in [5, 5.41) is 12.3. The third kappa shape index (κ3) is 7.34. The number of aryl methyl sites for hydroxylation is 1. The highest BCUT2D eigenvalue weighted by Gasteiger charge is 2.40. The molecule has 1 aliphatic carbocycles. The van der Waals surface area contributed by atoms with Crippen LogP contribution in [0.5, 0.6) is 0 Å². The summed E-state index contributed by atoms with van der Waals surface area (Å²) >= 11 is 6.32. The van der Waals surface area contributed by atoms with Crippen LogP contribution in [-0.4, -0.2) is 40.1 Å². The Hall–Kier alpha value is -4.82. The number of fused-ring (bicyclic) bond motifs is 1. The van der Waals surface area contributed by atoms with Gasteiger partial charge >= 0.3 is 0 Å². The molecule has 7 nitrogen and oxygen atoms in total. The number of halogens is 1. The first kappa shape index (κ1) is 34.5. The summed E-state index contributed by atoms with van der Waals surface area (Å²) < 4.78 is 1.94. The van der Waals surface area contributed by atoms with E-state index >= 15 is 0 Å². The second kappa shape index (κ2) is 15.4. The number of aliphatic hydroxyl groups excluding tert-OH is 1. The predicted octanol–water partition coefficient (Wildman–Crippen LogP) is 7.69. The molecule has 0 saturated heterocycles. The SMILES string of the molecule is C=CN=CN(C)C(=C)C(NCc1ccccc1)(c1ccc(Cl)nc1)c1ccc2c(c1)c(-c1cccc(C)c1)cc(=O)n2CC1CC1.CO. The van der Waals surface area contributed by atoms with Gasteiger partial charge in [-0.25, -0.2) is 9.98 Å². The molecule has 246 valence electrons. The fourth-order valence-electron chi connectivity index (χ4n) is 6.13. The number of nitrogens with zero attached hydrogens (tertiary/aromatic N) is 4. The molecular weight excluding hydrogens is 618 g/mol. The Bertz CT molecular complexity index is 1980. The van der Waals surface area contributed by atoms with Crippen molar-refractivity contribution < 1.29 is 5.11 Å². The molecule has 8 heteroatoms. The van der Waals surface area contributed by atoms with E-state index in [4.69, 9.17) is 16.7 Å². The molecule has 1 atom stereocenters. The van der Waals surface area contributed by atoms with Gasteiger partial charge in [0, 0.05) is 62.4 Å². The summed E-state index contributed by atoms with van der Waals surface area (Å²) in [6.07, 6.45) is 7.30. The molecule has 0 aliphatic heterocycles. The summed E-state index contributed by atoms with van der Waals surface area (Å²) in [7, 11) is 2.92. The molecule has 0 spiro atoms. The van der Waals surface area contributed by atoms with Gasteiger partial charge in [-0.2, -0.15) is 0 Å². The van der Waals surface area contributed by atoms with Crippen molar-refractivity contribution in [2.24, 2.45) is 10.9 Å². The standard InChI is InChI=1S/C39H38ClN5O.CH4O/c1-5-41-26-44(4)28(3)39(33-17-19-37(40)42-24-33,43-23-29-11-7-6-8-12-29)32-16-18-36-35(21-32)34(31-13-9-10-27(2)20-31)22-38(46)45(36)25-30-14-15-30;1-2/h5-13,16-22,24,26,30,43H,1,3,14-15,23,25H2,2,4H3;2H,1H3. The van der Waals surface area contributed by atoms with Gasteiger partial charge in [-0.05, 0) is 66.1 Å². The van der Waals surface area contributed by atoms with Gasteiger partial charge in [0.2, 0.25) is 0 Å². The van der Waals surface area contributed by atoms with Crippen LogP contribution in [0.2, 0.25) is 5.15 Å². The van der Waals surface area contributed by atoms with Gasteiger partial charge in [0.15, 0.2) is 0 Å². The summed E-state index contributed by atoms with van der Waals surface area (Å²) in [4.78, 5) is 24.3. The Balaban J connectivity index is 0.00000221. The molecule has 1 aliphatic rings. The molecule has 2 N–H and O–H groups in total. The summed E-state index contributed by atoms with van der Waals surface area (Å²) in [6, 6.07) is 30.5. The second-order valence-electron chi connectivity index (χ2n) is 12.0. The number of hydrogen-bond acceptors (Lipinski definition) is 5. The molecule has 1 saturated carbocycles. The Labute approximate surface area is 287 Å². The molecular formula is C40H42ClN5O2. The summed E-state index contributed by atoms with van der Waals surface area (Å²) in [5.74, 6) is 0.537. The number of rotatable bonds is 12. The first-order valence-corrected chi connectivity index (χ1v) is 16.3. The van der Waals surface area contributed by atoms with Crippen LogP contribution in [-0.2, 0) is 18.6 Å². The predicted molar refractivity (Wildman–Crippen MR) is 198 cm³/mol. The zero-order valence-electron chi connectivity index (χ0n) is 27.7. The molecule has 0 bridgehead atoms. The van der Waals surface area contributed by atoms with E-state index in [1.807, 2.05) is 46.8 Å². The van der Waals surface area contributed by atoms with Crippen LogP contribution in [0.25, 0.3) is 22.0 Å². The van der Waals surface area contributed by atoms with Crippen molar-refractivity contribution in [1.82, 2.24) is 19.8 Å². The summed E-state index contributed by atoms with van der Waals surface area (Å²) in [5.41, 5.74) is 6.64. The molecule has 48 heavy (non-hydrogen) atoms. The normalized spacial score (nSPS) is 13.9. The Morgan fingerprint density at radius 1 is 1.06 bits per heavy atom. The topological polar surface area (TPSA) is 82.8 Å². The number of aliphatic hydroxyl groups is 1. The Kier molecular flexibility index (Phi) is 11.1. The second-order valence-corrected chi connectivity index (χ2v) is 12.4. The van der Waals surface area contributed by atoms with E-state index in [0.717, 1.165) is 76.5 Å². The third-order valence-electron chi connectivity index (χ3n) is 8.78. The van der Waals surface area contributed by atoms with Crippen LogP contribution in [0.3, 0.4) is 0 Å². The van der Waals surface area contributed by atoms with E-state index < -0.39 is 5.54 Å². The fraction of sp³-hybridized carbons (Fsp3) is 0.225. The average Bonchev–Trinajstić information content (AvgIpc) is 3.94. The number of aromatic nitrogens is 2. The van der Waals surface area contributed by atoms with Crippen molar-refractivity contribution in [1.29, 1.82) is 0 Å². The lowest BCUT2D eigenvalue weighted by Gasteiger charge is -2.41. The molecule has 1 fully saturated rings. The molecule has 5 aromatic rings. The minimum Gasteiger partial charge on any atom is -0.400 e. The highest BCUT2D eigenvalue weighted by atomic mass is 35.5. The molecule has 3 aromatic carbocycles. The summed E-state index contributed by atoms with van der Waals surface area (Å²) in [6.45, 7) is 11.7. The average molecular weight is 660 g/mol. The minimum absolute atomic E-state index is 0.0174. The van der Waals surface area contributed by atoms with Crippen molar-refractivity contribution in [2.75, 3.05) is 14.2 Å². The van der Waals surface area contributed by atoms with Crippen molar-refractivity contribution in [3.8, 4) is 11.1 Å². The smallest absolute Gasteiger partial charge is 0.251 e. The van der Waals surface area contributed by atoms with E-state index in [9.17, 15) is 4.79 Å². The lowest BCUT2D eigenvalue weighted by molar-refractivity contribution is 0.392. The van der Waals surface area contributed by atoms with Gasteiger partial charge in [-0.3, -0.25) is 10.1 Å². The zero-order chi connectivity index (χ0) is 34.3. The highest BCUT2D eigenvalue weighted by molar-refractivity contribution is 6.29. The van der Waals surface area contributed by atoms with Crippen molar-refractivity contribution in [2.45, 2.75) is 38.4 Å². The molecule has 1 unspecified atom stereocenters. The zero-order valence-corrected chi connectivity index (χ0v) is 28.5.